The van der Waals surface area contributed by atoms with Gasteiger partial charge in [-0.15, -0.1) is 0 Å². The van der Waals surface area contributed by atoms with E-state index in [0.717, 1.165) is 11.1 Å². The van der Waals surface area contributed by atoms with E-state index in [1.54, 1.807) is 18.2 Å². The van der Waals surface area contributed by atoms with Crippen LogP contribution in [-0.4, -0.2) is 27.6 Å². The minimum Gasteiger partial charge on any atom is -0.325 e. The largest absolute Gasteiger partial charge is 0.325 e. The molecule has 3 rings (SSSR count). The lowest BCUT2D eigenvalue weighted by Gasteiger charge is -2.14. The first kappa shape index (κ1) is 19.1. The van der Waals surface area contributed by atoms with Crippen LogP contribution in [0.1, 0.15) is 12.5 Å². The first-order chi connectivity index (χ1) is 13.0. The van der Waals surface area contributed by atoms with Crippen LogP contribution in [0, 0.1) is 0 Å². The second-order valence-corrected chi connectivity index (χ2v) is 7.66. The number of rotatable bonds is 5. The van der Waals surface area contributed by atoms with Crippen LogP contribution in [0.25, 0.3) is 6.08 Å². The van der Waals surface area contributed by atoms with Gasteiger partial charge in [0.1, 0.15) is 10.9 Å². The SMILES string of the molecule is CC(/C=C1\SC(=S)N(CC(=O)Nc2ccccc2)C1=O)=C\c1ccccc1. The van der Waals surface area contributed by atoms with Crippen molar-refractivity contribution >= 4 is 51.9 Å². The number of thioether (sulfide) groups is 1. The van der Waals surface area contributed by atoms with Crippen molar-refractivity contribution in [1.29, 1.82) is 0 Å². The molecule has 1 N–H and O–H groups in total. The molecule has 1 saturated heterocycles. The fourth-order valence-corrected chi connectivity index (χ4v) is 3.87. The van der Waals surface area contributed by atoms with Crippen LogP contribution < -0.4 is 5.32 Å². The molecule has 2 aromatic carbocycles. The number of hydrogen-bond donors (Lipinski definition) is 1. The zero-order valence-electron chi connectivity index (χ0n) is 14.7. The minimum absolute atomic E-state index is 0.0989. The molecule has 2 aromatic rings. The maximum atomic E-state index is 12.6. The molecule has 0 spiro atoms. The van der Waals surface area contributed by atoms with Gasteiger partial charge in [-0.3, -0.25) is 14.5 Å². The zero-order chi connectivity index (χ0) is 19.2. The number of para-hydroxylation sites is 1. The predicted molar refractivity (Wildman–Crippen MR) is 115 cm³/mol. The normalized spacial score (nSPS) is 16.1. The van der Waals surface area contributed by atoms with Crippen LogP contribution >= 0.6 is 24.0 Å². The Hall–Kier alpha value is -2.70. The number of benzene rings is 2. The monoisotopic (exact) mass is 394 g/mol. The van der Waals surface area contributed by atoms with Gasteiger partial charge in [-0.05, 0) is 36.3 Å². The Balaban J connectivity index is 1.67. The molecule has 0 aliphatic carbocycles. The van der Waals surface area contributed by atoms with Gasteiger partial charge in [0.25, 0.3) is 5.91 Å². The summed E-state index contributed by atoms with van der Waals surface area (Å²) in [6.07, 6.45) is 3.80. The van der Waals surface area contributed by atoms with Gasteiger partial charge in [0, 0.05) is 5.69 Å². The van der Waals surface area contributed by atoms with Gasteiger partial charge in [-0.1, -0.05) is 78.6 Å². The van der Waals surface area contributed by atoms with Crippen molar-refractivity contribution in [1.82, 2.24) is 4.90 Å². The molecule has 2 amide bonds. The summed E-state index contributed by atoms with van der Waals surface area (Å²) < 4.78 is 0.391. The van der Waals surface area contributed by atoms with E-state index in [-0.39, 0.29) is 18.4 Å². The average molecular weight is 395 g/mol. The van der Waals surface area contributed by atoms with Crippen LogP contribution in [-0.2, 0) is 9.59 Å². The molecule has 0 saturated carbocycles. The van der Waals surface area contributed by atoms with Gasteiger partial charge in [0.2, 0.25) is 5.91 Å². The molecule has 6 heteroatoms. The molecule has 1 aliphatic heterocycles. The molecular formula is C21H18N2O2S2. The lowest BCUT2D eigenvalue weighted by atomic mass is 10.1. The highest BCUT2D eigenvalue weighted by Gasteiger charge is 2.33. The van der Waals surface area contributed by atoms with E-state index in [2.05, 4.69) is 5.32 Å². The topological polar surface area (TPSA) is 49.4 Å². The summed E-state index contributed by atoms with van der Waals surface area (Å²) in [5, 5.41) is 2.77. The van der Waals surface area contributed by atoms with Gasteiger partial charge in [0.05, 0.1) is 4.91 Å². The zero-order valence-corrected chi connectivity index (χ0v) is 16.3. The second kappa shape index (κ2) is 8.79. The Labute approximate surface area is 168 Å². The highest BCUT2D eigenvalue weighted by atomic mass is 32.2. The number of hydrogen-bond acceptors (Lipinski definition) is 4. The highest BCUT2D eigenvalue weighted by molar-refractivity contribution is 8.26. The molecule has 136 valence electrons. The first-order valence-electron chi connectivity index (χ1n) is 8.36. The van der Waals surface area contributed by atoms with Crippen molar-refractivity contribution in [2.24, 2.45) is 0 Å². The van der Waals surface area contributed by atoms with E-state index in [1.807, 2.05) is 61.5 Å². The van der Waals surface area contributed by atoms with Crippen molar-refractivity contribution in [2.45, 2.75) is 6.92 Å². The molecule has 0 unspecified atom stereocenters. The highest BCUT2D eigenvalue weighted by Crippen LogP contribution is 2.32. The van der Waals surface area contributed by atoms with Gasteiger partial charge >= 0.3 is 0 Å². The number of amides is 2. The molecule has 0 aromatic heterocycles. The van der Waals surface area contributed by atoms with E-state index in [4.69, 9.17) is 12.2 Å². The lowest BCUT2D eigenvalue weighted by Crippen LogP contribution is -2.36. The average Bonchev–Trinajstić information content (AvgIpc) is 2.90. The number of anilines is 1. The van der Waals surface area contributed by atoms with E-state index in [1.165, 1.54) is 16.7 Å². The number of thiocarbonyl (C=S) groups is 1. The fraction of sp³-hybridized carbons (Fsp3) is 0.0952. The van der Waals surface area contributed by atoms with Crippen LogP contribution in [0.4, 0.5) is 5.69 Å². The summed E-state index contributed by atoms with van der Waals surface area (Å²) in [6.45, 7) is 1.83. The van der Waals surface area contributed by atoms with Crippen LogP contribution in [0.3, 0.4) is 0 Å². The minimum atomic E-state index is -0.282. The summed E-state index contributed by atoms with van der Waals surface area (Å²) in [4.78, 5) is 26.7. The summed E-state index contributed by atoms with van der Waals surface area (Å²) in [6, 6.07) is 19.0. The van der Waals surface area contributed by atoms with E-state index >= 15 is 0 Å². The van der Waals surface area contributed by atoms with Crippen LogP contribution in [0.5, 0.6) is 0 Å². The maximum absolute atomic E-state index is 12.6. The molecule has 1 heterocycles. The molecular weight excluding hydrogens is 376 g/mol. The standard InChI is InChI=1S/C21H18N2O2S2/c1-15(12-16-8-4-2-5-9-16)13-18-20(25)23(21(26)27-18)14-19(24)22-17-10-6-3-7-11-17/h2-13H,14H2,1H3,(H,22,24)/b15-12+,18-13-. The van der Waals surface area contributed by atoms with Gasteiger partial charge in [-0.25, -0.2) is 0 Å². The quantitative estimate of drug-likeness (QED) is 0.600. The molecule has 0 radical (unpaired) electrons. The lowest BCUT2D eigenvalue weighted by molar-refractivity contribution is -0.126. The number of allylic oxidation sites excluding steroid dienone is 2. The van der Waals surface area contributed by atoms with E-state index in [9.17, 15) is 9.59 Å². The molecule has 0 atom stereocenters. The number of nitrogens with zero attached hydrogens (tertiary/aromatic N) is 1. The third-order valence-corrected chi connectivity index (χ3v) is 5.16. The van der Waals surface area contributed by atoms with E-state index in [0.29, 0.717) is 14.9 Å². The predicted octanol–water partition coefficient (Wildman–Crippen LogP) is 4.47. The third-order valence-electron chi connectivity index (χ3n) is 3.79. The number of carbonyl (C=O) groups is 2. The van der Waals surface area contributed by atoms with Crippen molar-refractivity contribution in [3.63, 3.8) is 0 Å². The maximum Gasteiger partial charge on any atom is 0.266 e. The van der Waals surface area contributed by atoms with Gasteiger partial charge < -0.3 is 5.32 Å². The summed E-state index contributed by atoms with van der Waals surface area (Å²) >= 11 is 6.50. The van der Waals surface area contributed by atoms with Crippen molar-refractivity contribution in [3.8, 4) is 0 Å². The molecule has 4 nitrogen and oxygen atoms in total. The van der Waals surface area contributed by atoms with Crippen LogP contribution in [0.2, 0.25) is 0 Å². The Morgan fingerprint density at radius 3 is 2.41 bits per heavy atom. The van der Waals surface area contributed by atoms with E-state index < -0.39 is 0 Å². The van der Waals surface area contributed by atoms with Crippen molar-refractivity contribution in [3.05, 3.63) is 82.8 Å². The first-order valence-corrected chi connectivity index (χ1v) is 9.59. The molecule has 1 fully saturated rings. The summed E-state index contributed by atoms with van der Waals surface area (Å²) in [5.74, 6) is -0.524. The fourth-order valence-electron chi connectivity index (χ4n) is 2.56. The molecule has 1 aliphatic rings. The Morgan fingerprint density at radius 2 is 1.74 bits per heavy atom. The third kappa shape index (κ3) is 5.15. The second-order valence-electron chi connectivity index (χ2n) is 5.98. The van der Waals surface area contributed by atoms with Gasteiger partial charge in [0.15, 0.2) is 0 Å². The molecule has 0 bridgehead atoms. The summed E-state index contributed by atoms with van der Waals surface area (Å²) in [5.41, 5.74) is 2.68. The van der Waals surface area contributed by atoms with Gasteiger partial charge in [-0.2, -0.15) is 0 Å². The molecule has 27 heavy (non-hydrogen) atoms. The smallest absolute Gasteiger partial charge is 0.266 e. The number of carbonyl (C=O) groups excluding carboxylic acids is 2. The van der Waals surface area contributed by atoms with Crippen molar-refractivity contribution in [2.75, 3.05) is 11.9 Å². The Kier molecular flexibility index (Phi) is 6.21. The summed E-state index contributed by atoms with van der Waals surface area (Å²) in [7, 11) is 0. The van der Waals surface area contributed by atoms with Crippen LogP contribution in [0.15, 0.2) is 77.2 Å². The van der Waals surface area contributed by atoms with Crippen molar-refractivity contribution < 1.29 is 9.59 Å². The Morgan fingerprint density at radius 1 is 1.11 bits per heavy atom. The number of nitrogens with one attached hydrogen (secondary N) is 1. The Bertz CT molecular complexity index is 922.